The molecule has 0 fully saturated rings. The maximum atomic E-state index is 6.16. The van der Waals surface area contributed by atoms with E-state index in [-0.39, 0.29) is 0 Å². The number of rotatable bonds is 4. The molecule has 0 radical (unpaired) electrons. The number of benzene rings is 3. The second-order valence-corrected chi connectivity index (χ2v) is 12.7. The molecule has 0 aliphatic heterocycles. The molecule has 13 rings (SSSR count). The monoisotopic (exact) mass is 598 g/mol. The lowest BCUT2D eigenvalue weighted by atomic mass is 9.91. The van der Waals surface area contributed by atoms with Crippen molar-refractivity contribution in [1.82, 2.24) is 17.6 Å². The van der Waals surface area contributed by atoms with Crippen LogP contribution in [-0.2, 0) is 0 Å². The van der Waals surface area contributed by atoms with Crippen LogP contribution in [0.1, 0.15) is 0 Å². The van der Waals surface area contributed by atoms with Gasteiger partial charge in [-0.25, -0.2) is 0 Å². The molecule has 3 aromatic carbocycles. The molecule has 0 aliphatic carbocycles. The average molecular weight is 599 g/mol. The summed E-state index contributed by atoms with van der Waals surface area (Å²) in [7, 11) is 7.03. The highest BCUT2D eigenvalue weighted by Crippen LogP contribution is 2.57. The first-order valence-electron chi connectivity index (χ1n) is 15.4. The summed E-state index contributed by atoms with van der Waals surface area (Å²) in [5.41, 5.74) is 13.9. The zero-order valence-corrected chi connectivity index (χ0v) is 25.2. The van der Waals surface area contributed by atoms with E-state index in [0.29, 0.717) is 0 Å². The minimum absolute atomic E-state index is 0.808. The van der Waals surface area contributed by atoms with Gasteiger partial charge in [0.15, 0.2) is 0 Å². The van der Waals surface area contributed by atoms with E-state index in [9.17, 15) is 0 Å². The number of methoxy groups -OCH3 is 4. The maximum absolute atomic E-state index is 6.16. The molecular weight excluding hydrogens is 576 g/mol. The summed E-state index contributed by atoms with van der Waals surface area (Å²) in [5.74, 6) is 3.23. The van der Waals surface area contributed by atoms with Gasteiger partial charge >= 0.3 is 0 Å². The van der Waals surface area contributed by atoms with E-state index in [1.807, 2.05) is 0 Å². The highest BCUT2D eigenvalue weighted by molar-refractivity contribution is 6.44. The van der Waals surface area contributed by atoms with Gasteiger partial charge in [-0.1, -0.05) is 0 Å². The smallest absolute Gasteiger partial charge is 0.132 e. The molecule has 10 aromatic heterocycles. The number of pyridine rings is 4. The third kappa shape index (κ3) is 1.89. The van der Waals surface area contributed by atoms with Gasteiger partial charge in [-0.2, -0.15) is 0 Å². The Morgan fingerprint density at radius 2 is 0.543 bits per heavy atom. The van der Waals surface area contributed by atoms with Crippen molar-refractivity contribution in [3.05, 3.63) is 60.7 Å². The fourth-order valence-corrected chi connectivity index (χ4v) is 9.76. The van der Waals surface area contributed by atoms with Gasteiger partial charge in [-0.3, -0.25) is 0 Å². The molecule has 0 spiro atoms. The van der Waals surface area contributed by atoms with E-state index in [0.717, 1.165) is 88.7 Å². The second kappa shape index (κ2) is 6.65. The van der Waals surface area contributed by atoms with Crippen molar-refractivity contribution in [2.24, 2.45) is 0 Å². The van der Waals surface area contributed by atoms with Crippen LogP contribution in [0.2, 0.25) is 0 Å². The molecule has 13 aromatic rings. The molecule has 46 heavy (non-hydrogen) atoms. The molecule has 8 heteroatoms. The fourth-order valence-electron chi connectivity index (χ4n) is 9.76. The predicted molar refractivity (Wildman–Crippen MR) is 184 cm³/mol. The van der Waals surface area contributed by atoms with Crippen molar-refractivity contribution in [1.29, 1.82) is 0 Å². The first-order valence-corrected chi connectivity index (χ1v) is 15.4. The molecular formula is C38H22N4O4. The van der Waals surface area contributed by atoms with Gasteiger partial charge in [0.1, 0.15) is 23.0 Å². The largest absolute Gasteiger partial charge is 0.496 e. The number of nitrogens with zero attached hydrogens (tertiary/aromatic N) is 4. The Bertz CT molecular complexity index is 2970. The Kier molecular flexibility index (Phi) is 3.25. The number of hydrogen-bond acceptors (Lipinski definition) is 4. The minimum Gasteiger partial charge on any atom is -0.496 e. The van der Waals surface area contributed by atoms with Crippen molar-refractivity contribution in [2.45, 2.75) is 0 Å². The van der Waals surface area contributed by atoms with Crippen LogP contribution in [-0.4, -0.2) is 46.0 Å². The summed E-state index contributed by atoms with van der Waals surface area (Å²) in [6, 6.07) is 22.1. The van der Waals surface area contributed by atoms with Crippen LogP contribution in [0.25, 0.3) is 109 Å². The van der Waals surface area contributed by atoms with Crippen LogP contribution in [0.4, 0.5) is 0 Å². The number of ether oxygens (including phenoxy) is 4. The molecule has 10 heterocycles. The summed E-state index contributed by atoms with van der Waals surface area (Å²) >= 11 is 0. The van der Waals surface area contributed by atoms with Gasteiger partial charge in [-0.05, 0) is 48.5 Å². The van der Waals surface area contributed by atoms with Gasteiger partial charge in [0.2, 0.25) is 0 Å². The topological polar surface area (TPSA) is 54.6 Å². The molecule has 0 amide bonds. The maximum Gasteiger partial charge on any atom is 0.132 e. The van der Waals surface area contributed by atoms with Gasteiger partial charge < -0.3 is 36.6 Å². The zero-order valence-electron chi connectivity index (χ0n) is 25.2. The first kappa shape index (κ1) is 22.5. The molecule has 0 unspecified atom stereocenters. The van der Waals surface area contributed by atoms with Crippen LogP contribution in [0.5, 0.6) is 23.0 Å². The van der Waals surface area contributed by atoms with Crippen LogP contribution < -0.4 is 18.9 Å². The van der Waals surface area contributed by atoms with Crippen molar-refractivity contribution in [3.63, 3.8) is 0 Å². The fraction of sp³-hybridized carbons (Fsp3) is 0.105. The molecule has 0 bridgehead atoms. The predicted octanol–water partition coefficient (Wildman–Crippen LogP) is 8.58. The summed E-state index contributed by atoms with van der Waals surface area (Å²) in [6.07, 6.45) is 0. The summed E-state index contributed by atoms with van der Waals surface area (Å²) < 4.78 is 34.5. The highest BCUT2D eigenvalue weighted by Gasteiger charge is 2.34. The zero-order chi connectivity index (χ0) is 30.1. The normalized spacial score (nSPS) is 13.7. The summed E-state index contributed by atoms with van der Waals surface area (Å²) in [5, 5.41) is 9.17. The SMILES string of the molecule is COc1cc(OC)c2c3c1c1ccc4c5ccc6c7c(OC)cc(OC)c8c7c7c(c(c3c3c7n7c8ccc7c7ccc2n73)n14)n65. The molecule has 0 N–H and O–H groups in total. The van der Waals surface area contributed by atoms with Gasteiger partial charge in [0.25, 0.3) is 0 Å². The average Bonchev–Trinajstić information content (AvgIpc) is 3.90. The molecule has 0 aliphatic rings. The summed E-state index contributed by atoms with van der Waals surface area (Å²) in [4.78, 5) is 0. The lowest BCUT2D eigenvalue weighted by Gasteiger charge is -2.28. The van der Waals surface area contributed by atoms with Crippen LogP contribution in [0.15, 0.2) is 60.7 Å². The Balaban J connectivity index is 1.57. The van der Waals surface area contributed by atoms with Crippen molar-refractivity contribution >= 4 is 109 Å². The molecule has 0 saturated heterocycles. The summed E-state index contributed by atoms with van der Waals surface area (Å²) in [6.45, 7) is 0. The Morgan fingerprint density at radius 1 is 0.304 bits per heavy atom. The van der Waals surface area contributed by atoms with Crippen LogP contribution >= 0.6 is 0 Å². The molecule has 8 nitrogen and oxygen atoms in total. The van der Waals surface area contributed by atoms with Crippen LogP contribution in [0.3, 0.4) is 0 Å². The highest BCUT2D eigenvalue weighted by atomic mass is 16.5. The van der Waals surface area contributed by atoms with E-state index < -0.39 is 0 Å². The molecule has 218 valence electrons. The number of hydrogen-bond donors (Lipinski definition) is 0. The van der Waals surface area contributed by atoms with Crippen molar-refractivity contribution < 1.29 is 18.9 Å². The third-order valence-corrected chi connectivity index (χ3v) is 11.3. The molecule has 0 atom stereocenters. The Hall–Kier alpha value is -6.02. The van der Waals surface area contributed by atoms with E-state index >= 15 is 0 Å². The number of fused-ring (bicyclic) bond motifs is 6. The Morgan fingerprint density at radius 3 is 0.783 bits per heavy atom. The van der Waals surface area contributed by atoms with Crippen molar-refractivity contribution in [2.75, 3.05) is 28.4 Å². The van der Waals surface area contributed by atoms with E-state index in [2.05, 4.69) is 78.3 Å². The van der Waals surface area contributed by atoms with Gasteiger partial charge in [0, 0.05) is 55.2 Å². The molecule has 0 saturated carbocycles. The van der Waals surface area contributed by atoms with Gasteiger partial charge in [-0.15, -0.1) is 0 Å². The van der Waals surface area contributed by atoms with Gasteiger partial charge in [0.05, 0.1) is 94.6 Å². The second-order valence-electron chi connectivity index (χ2n) is 12.7. The minimum atomic E-state index is 0.808. The van der Waals surface area contributed by atoms with Crippen LogP contribution in [0, 0.1) is 0 Å². The third-order valence-electron chi connectivity index (χ3n) is 11.3. The first-order chi connectivity index (χ1) is 22.7. The lowest BCUT2D eigenvalue weighted by molar-refractivity contribution is 0.401. The Labute approximate surface area is 257 Å². The van der Waals surface area contributed by atoms with E-state index in [1.54, 1.807) is 28.4 Å². The lowest BCUT2D eigenvalue weighted by Crippen LogP contribution is -2.10. The standard InChI is InChI=1S/C38H22N4O4/c1-43-23-13-24(44-2)28-20-10-6-17-18-8-12-22-30-26(46-4)14-25(45-3)29-21-11-7-16-15-5-9-19-27(23)31(28)33-35(39(15)19)37(41(16)21)34(32(29)30)38(42(18)22)36(33)40(17)20/h5-14H,1-4H3. The number of aromatic nitrogens is 4. The van der Waals surface area contributed by atoms with E-state index in [1.165, 1.54) is 43.6 Å². The van der Waals surface area contributed by atoms with E-state index in [4.69, 9.17) is 18.9 Å². The van der Waals surface area contributed by atoms with Crippen molar-refractivity contribution in [3.8, 4) is 23.0 Å². The quantitative estimate of drug-likeness (QED) is 0.150.